The Labute approximate surface area is 208 Å². The number of ether oxygens (including phenoxy) is 2. The summed E-state index contributed by atoms with van der Waals surface area (Å²) in [6.45, 7) is 7.18. The number of para-hydroxylation sites is 1. The lowest BCUT2D eigenvalue weighted by Gasteiger charge is -2.34. The predicted molar refractivity (Wildman–Crippen MR) is 143 cm³/mol. The van der Waals surface area contributed by atoms with Crippen LogP contribution in [0.1, 0.15) is 54.5 Å². The highest BCUT2D eigenvalue weighted by Crippen LogP contribution is 2.46. The van der Waals surface area contributed by atoms with Gasteiger partial charge in [0.1, 0.15) is 11.5 Å². The molecule has 0 amide bonds. The third kappa shape index (κ3) is 4.12. The molecule has 176 valence electrons. The van der Waals surface area contributed by atoms with E-state index in [-0.39, 0.29) is 0 Å². The van der Waals surface area contributed by atoms with E-state index in [4.69, 9.17) is 9.47 Å². The quantitative estimate of drug-likeness (QED) is 0.222. The Hall–Kier alpha value is -3.85. The van der Waals surface area contributed by atoms with Gasteiger partial charge in [0.25, 0.3) is 6.73 Å². The molecule has 0 aromatic heterocycles. The largest absolute Gasteiger partial charge is 0.497 e. The van der Waals surface area contributed by atoms with Crippen LogP contribution in [0.5, 0.6) is 11.5 Å². The van der Waals surface area contributed by atoms with Gasteiger partial charge in [-0.3, -0.25) is 0 Å². The van der Waals surface area contributed by atoms with Gasteiger partial charge in [0.15, 0.2) is 6.21 Å². The number of hydrogen-bond donors (Lipinski definition) is 0. The van der Waals surface area contributed by atoms with Gasteiger partial charge in [-0.1, -0.05) is 92.7 Å². The van der Waals surface area contributed by atoms with Crippen LogP contribution in [0.15, 0.2) is 97.1 Å². The van der Waals surface area contributed by atoms with Crippen LogP contribution >= 0.6 is 0 Å². The van der Waals surface area contributed by atoms with Gasteiger partial charge in [-0.15, -0.1) is 0 Å². The Morgan fingerprint density at radius 1 is 0.829 bits per heavy atom. The molecule has 1 aliphatic heterocycles. The van der Waals surface area contributed by atoms with Crippen molar-refractivity contribution in [1.82, 2.24) is 0 Å². The van der Waals surface area contributed by atoms with E-state index in [9.17, 15) is 0 Å². The maximum atomic E-state index is 6.58. The van der Waals surface area contributed by atoms with E-state index in [1.54, 1.807) is 7.11 Å². The second kappa shape index (κ2) is 9.42. The fraction of sp³-hybridized carbons (Fsp3) is 0.219. The van der Waals surface area contributed by atoms with Gasteiger partial charge < -0.3 is 9.47 Å². The molecule has 3 nitrogen and oxygen atoms in total. The average molecular weight is 463 g/mol. The van der Waals surface area contributed by atoms with E-state index in [1.165, 1.54) is 22.4 Å². The van der Waals surface area contributed by atoms with Crippen molar-refractivity contribution in [2.45, 2.75) is 32.1 Å². The number of benzene rings is 4. The van der Waals surface area contributed by atoms with E-state index in [0.29, 0.717) is 12.6 Å². The number of hydrogen-bond acceptors (Lipinski definition) is 2. The van der Waals surface area contributed by atoms with Crippen LogP contribution in [0.4, 0.5) is 5.69 Å². The second-order valence-electron chi connectivity index (χ2n) is 9.54. The summed E-state index contributed by atoms with van der Waals surface area (Å²) in [7, 11) is 1.73. The Kier molecular flexibility index (Phi) is 6.17. The monoisotopic (exact) mass is 462 g/mol. The van der Waals surface area contributed by atoms with Crippen molar-refractivity contribution in [3.05, 3.63) is 125 Å². The van der Waals surface area contributed by atoms with Gasteiger partial charge in [-0.05, 0) is 36.1 Å². The van der Waals surface area contributed by atoms with Crippen LogP contribution in [0.3, 0.4) is 0 Å². The second-order valence-corrected chi connectivity index (χ2v) is 9.54. The van der Waals surface area contributed by atoms with Crippen molar-refractivity contribution >= 4 is 11.9 Å². The highest BCUT2D eigenvalue weighted by molar-refractivity contribution is 5.84. The summed E-state index contributed by atoms with van der Waals surface area (Å²) in [5, 5.41) is 0. The SMILES string of the molecule is COc1cc2c(c(C(C)(c3ccccc3)c3ccccc3)c1)OC[N+](c1ccccc1C(C)C)=C2. The molecule has 1 heterocycles. The molecule has 4 aromatic rings. The smallest absolute Gasteiger partial charge is 0.292 e. The van der Waals surface area contributed by atoms with Crippen molar-refractivity contribution < 1.29 is 14.0 Å². The Morgan fingerprint density at radius 2 is 1.43 bits per heavy atom. The minimum Gasteiger partial charge on any atom is -0.497 e. The first-order valence-corrected chi connectivity index (χ1v) is 12.2. The van der Waals surface area contributed by atoms with Crippen molar-refractivity contribution in [3.8, 4) is 11.5 Å². The van der Waals surface area contributed by atoms with Crippen LogP contribution in [-0.4, -0.2) is 24.6 Å². The van der Waals surface area contributed by atoms with Crippen LogP contribution in [-0.2, 0) is 5.41 Å². The minimum atomic E-state index is -0.424. The summed E-state index contributed by atoms with van der Waals surface area (Å²) < 4.78 is 14.6. The van der Waals surface area contributed by atoms with Gasteiger partial charge in [-0.25, -0.2) is 0 Å². The summed E-state index contributed by atoms with van der Waals surface area (Å²) in [6.07, 6.45) is 2.20. The highest BCUT2D eigenvalue weighted by Gasteiger charge is 2.37. The molecule has 35 heavy (non-hydrogen) atoms. The van der Waals surface area contributed by atoms with Crippen LogP contribution in [0.2, 0.25) is 0 Å². The first kappa shape index (κ1) is 22.9. The molecule has 0 bridgehead atoms. The molecule has 0 atom stereocenters. The molecule has 0 saturated heterocycles. The van der Waals surface area contributed by atoms with Gasteiger partial charge in [0.2, 0.25) is 5.69 Å². The average Bonchev–Trinajstić information content (AvgIpc) is 2.92. The van der Waals surface area contributed by atoms with Crippen LogP contribution in [0.25, 0.3) is 0 Å². The first-order valence-electron chi connectivity index (χ1n) is 12.2. The molecule has 4 aromatic carbocycles. The van der Waals surface area contributed by atoms with Gasteiger partial charge in [0.05, 0.1) is 12.7 Å². The third-order valence-corrected chi connectivity index (χ3v) is 7.08. The fourth-order valence-corrected chi connectivity index (χ4v) is 5.11. The number of nitrogens with zero attached hydrogens (tertiary/aromatic N) is 1. The summed E-state index contributed by atoms with van der Waals surface area (Å²) in [5.41, 5.74) is 6.58. The van der Waals surface area contributed by atoms with Crippen LogP contribution in [0, 0.1) is 0 Å². The fourth-order valence-electron chi connectivity index (χ4n) is 5.11. The number of methoxy groups -OCH3 is 1. The minimum absolute atomic E-state index is 0.418. The Balaban J connectivity index is 1.74. The van der Waals surface area contributed by atoms with Crippen molar-refractivity contribution in [3.63, 3.8) is 0 Å². The molecule has 0 fully saturated rings. The molecule has 1 aliphatic rings. The maximum absolute atomic E-state index is 6.58. The number of fused-ring (bicyclic) bond motifs is 1. The zero-order chi connectivity index (χ0) is 24.4. The van der Waals surface area contributed by atoms with Gasteiger partial charge >= 0.3 is 0 Å². The first-order chi connectivity index (χ1) is 17.0. The van der Waals surface area contributed by atoms with Crippen molar-refractivity contribution in [1.29, 1.82) is 0 Å². The third-order valence-electron chi connectivity index (χ3n) is 7.08. The molecule has 0 saturated carbocycles. The molecular weight excluding hydrogens is 430 g/mol. The highest BCUT2D eigenvalue weighted by atomic mass is 16.5. The Bertz CT molecular complexity index is 1320. The predicted octanol–water partition coefficient (Wildman–Crippen LogP) is 7.29. The molecule has 0 aliphatic carbocycles. The van der Waals surface area contributed by atoms with Crippen molar-refractivity contribution in [2.24, 2.45) is 0 Å². The van der Waals surface area contributed by atoms with E-state index >= 15 is 0 Å². The normalized spacial score (nSPS) is 13.1. The van der Waals surface area contributed by atoms with E-state index < -0.39 is 5.41 Å². The molecule has 0 unspecified atom stereocenters. The van der Waals surface area contributed by atoms with Crippen molar-refractivity contribution in [2.75, 3.05) is 13.8 Å². The lowest BCUT2D eigenvalue weighted by Crippen LogP contribution is -2.29. The molecule has 0 N–H and O–H groups in total. The summed E-state index contributed by atoms with van der Waals surface area (Å²) in [4.78, 5) is 0. The van der Waals surface area contributed by atoms with E-state index in [2.05, 4.69) is 129 Å². The molecule has 0 spiro atoms. The number of rotatable bonds is 6. The lowest BCUT2D eigenvalue weighted by molar-refractivity contribution is -0.476. The van der Waals surface area contributed by atoms with Gasteiger partial charge in [-0.2, -0.15) is 4.58 Å². The summed E-state index contributed by atoms with van der Waals surface area (Å²) in [5.74, 6) is 2.14. The van der Waals surface area contributed by atoms with Crippen LogP contribution < -0.4 is 9.47 Å². The molecule has 0 radical (unpaired) electrons. The van der Waals surface area contributed by atoms with E-state index in [1.807, 2.05) is 0 Å². The van der Waals surface area contributed by atoms with Gasteiger partial charge in [0, 0.05) is 22.6 Å². The topological polar surface area (TPSA) is 21.5 Å². The zero-order valence-corrected chi connectivity index (χ0v) is 20.9. The summed E-state index contributed by atoms with van der Waals surface area (Å²) >= 11 is 0. The lowest BCUT2D eigenvalue weighted by atomic mass is 9.70. The summed E-state index contributed by atoms with van der Waals surface area (Å²) in [6, 6.07) is 34.0. The maximum Gasteiger partial charge on any atom is 0.292 e. The molecule has 5 rings (SSSR count). The Morgan fingerprint density at radius 3 is 2.03 bits per heavy atom. The standard InChI is InChI=1S/C32H32NO2/c1-23(2)28-17-11-12-18-30(28)33-21-24-19-27(34-4)20-29(31(24)35-22-33)32(3,25-13-7-5-8-14-25)26-15-9-6-10-16-26/h5-21,23H,22H2,1-4H3/q+1. The molecule has 3 heteroatoms. The van der Waals surface area contributed by atoms with E-state index in [0.717, 1.165) is 22.6 Å². The molecular formula is C32H32NO2+. The zero-order valence-electron chi connectivity index (χ0n) is 20.9.